The number of ether oxygens (including phenoxy) is 2. The van der Waals surface area contributed by atoms with Gasteiger partial charge in [-0.2, -0.15) is 0 Å². The topological polar surface area (TPSA) is 44.5 Å². The first-order chi connectivity index (χ1) is 12.6. The summed E-state index contributed by atoms with van der Waals surface area (Å²) < 4.78 is 10.9. The Balaban J connectivity index is 2.27. The van der Waals surface area contributed by atoms with Gasteiger partial charge in [0.25, 0.3) is 0 Å². The summed E-state index contributed by atoms with van der Waals surface area (Å²) in [6.45, 7) is 2.07. The number of nitrogens with two attached hydrogens (primary N) is 1. The molecular formula is C23H23NO2. The molecule has 0 aliphatic carbocycles. The summed E-state index contributed by atoms with van der Waals surface area (Å²) >= 11 is 0. The monoisotopic (exact) mass is 345 g/mol. The molecule has 0 aliphatic rings. The first-order valence-electron chi connectivity index (χ1n) is 8.48. The second-order valence-electron chi connectivity index (χ2n) is 6.12. The van der Waals surface area contributed by atoms with Gasteiger partial charge in [-0.3, -0.25) is 0 Å². The lowest BCUT2D eigenvalue weighted by atomic mass is 9.92. The number of hydrogen-bond donors (Lipinski definition) is 1. The van der Waals surface area contributed by atoms with Crippen LogP contribution in [0, 0.1) is 6.92 Å². The Bertz CT molecular complexity index is 890. The third kappa shape index (κ3) is 3.72. The molecule has 0 aliphatic heterocycles. The van der Waals surface area contributed by atoms with E-state index in [1.807, 2.05) is 48.5 Å². The van der Waals surface area contributed by atoms with Crippen LogP contribution in [0.1, 0.15) is 22.3 Å². The quantitative estimate of drug-likeness (QED) is 0.670. The van der Waals surface area contributed by atoms with Gasteiger partial charge in [0.15, 0.2) is 0 Å². The molecule has 0 bridgehead atoms. The zero-order chi connectivity index (χ0) is 18.5. The van der Waals surface area contributed by atoms with Crippen molar-refractivity contribution in [1.82, 2.24) is 0 Å². The van der Waals surface area contributed by atoms with Crippen LogP contribution in [0.25, 0.3) is 11.3 Å². The molecule has 3 aromatic carbocycles. The highest BCUT2D eigenvalue weighted by Crippen LogP contribution is 2.34. The van der Waals surface area contributed by atoms with E-state index in [1.54, 1.807) is 14.2 Å². The molecular weight excluding hydrogens is 322 g/mol. The lowest BCUT2D eigenvalue weighted by molar-refractivity contribution is 0.394. The van der Waals surface area contributed by atoms with Gasteiger partial charge in [-0.05, 0) is 35.7 Å². The standard InChI is InChI=1S/C23H23NO2/c1-16-9-11-17(12-10-16)22(23(24)18-7-5-4-6-8-18)19-13-20(25-2)15-21(14-19)26-3/h4-15H,24H2,1-3H3. The van der Waals surface area contributed by atoms with Gasteiger partial charge in [0.1, 0.15) is 11.5 Å². The van der Waals surface area contributed by atoms with Crippen LogP contribution < -0.4 is 15.2 Å². The minimum Gasteiger partial charge on any atom is -0.497 e. The van der Waals surface area contributed by atoms with Gasteiger partial charge < -0.3 is 15.2 Å². The van der Waals surface area contributed by atoms with Gasteiger partial charge in [0.05, 0.1) is 14.2 Å². The van der Waals surface area contributed by atoms with Gasteiger partial charge in [0.2, 0.25) is 0 Å². The van der Waals surface area contributed by atoms with Crippen LogP contribution >= 0.6 is 0 Å². The molecule has 3 aromatic rings. The van der Waals surface area contributed by atoms with E-state index in [-0.39, 0.29) is 0 Å². The molecule has 0 amide bonds. The number of aryl methyl sites for hydroxylation is 1. The highest BCUT2D eigenvalue weighted by Gasteiger charge is 2.14. The van der Waals surface area contributed by atoms with Crippen molar-refractivity contribution in [3.05, 3.63) is 95.1 Å². The Morgan fingerprint density at radius 3 is 1.81 bits per heavy atom. The number of rotatable bonds is 5. The van der Waals surface area contributed by atoms with E-state index in [0.29, 0.717) is 5.70 Å². The minimum atomic E-state index is 0.713. The lowest BCUT2D eigenvalue weighted by Crippen LogP contribution is -2.03. The van der Waals surface area contributed by atoms with Crippen LogP contribution in [0.15, 0.2) is 72.8 Å². The summed E-state index contributed by atoms with van der Waals surface area (Å²) in [6.07, 6.45) is 0. The molecule has 26 heavy (non-hydrogen) atoms. The van der Waals surface area contributed by atoms with E-state index < -0.39 is 0 Å². The van der Waals surface area contributed by atoms with Crippen LogP contribution in [0.3, 0.4) is 0 Å². The first-order valence-corrected chi connectivity index (χ1v) is 8.48. The average Bonchev–Trinajstić information content (AvgIpc) is 2.70. The smallest absolute Gasteiger partial charge is 0.123 e. The van der Waals surface area contributed by atoms with E-state index in [4.69, 9.17) is 15.2 Å². The molecule has 0 aromatic heterocycles. The third-order valence-electron chi connectivity index (χ3n) is 4.33. The summed E-state index contributed by atoms with van der Waals surface area (Å²) in [4.78, 5) is 0. The molecule has 0 radical (unpaired) electrons. The van der Waals surface area contributed by atoms with E-state index >= 15 is 0 Å². The van der Waals surface area contributed by atoms with Crippen molar-refractivity contribution in [2.75, 3.05) is 14.2 Å². The second kappa shape index (κ2) is 7.79. The van der Waals surface area contributed by atoms with E-state index in [9.17, 15) is 0 Å². The van der Waals surface area contributed by atoms with Crippen molar-refractivity contribution in [3.8, 4) is 11.5 Å². The maximum atomic E-state index is 6.62. The van der Waals surface area contributed by atoms with Crippen molar-refractivity contribution in [3.63, 3.8) is 0 Å². The van der Waals surface area contributed by atoms with Gasteiger partial charge in [-0.15, -0.1) is 0 Å². The molecule has 3 nitrogen and oxygen atoms in total. The van der Waals surface area contributed by atoms with Crippen LogP contribution in [-0.4, -0.2) is 14.2 Å². The SMILES string of the molecule is COc1cc(OC)cc(C(=C(N)c2ccccc2)c2ccc(C)cc2)c1. The Morgan fingerprint density at radius 2 is 1.27 bits per heavy atom. The van der Waals surface area contributed by atoms with Gasteiger partial charge in [-0.1, -0.05) is 60.2 Å². The summed E-state index contributed by atoms with van der Waals surface area (Å²) in [5.41, 5.74) is 12.5. The normalized spacial score (nSPS) is 11.7. The molecule has 0 unspecified atom stereocenters. The highest BCUT2D eigenvalue weighted by molar-refractivity contribution is 5.97. The summed E-state index contributed by atoms with van der Waals surface area (Å²) in [5, 5.41) is 0. The molecule has 0 heterocycles. The average molecular weight is 345 g/mol. The van der Waals surface area contributed by atoms with Crippen LogP contribution in [0.5, 0.6) is 11.5 Å². The second-order valence-corrected chi connectivity index (χ2v) is 6.12. The molecule has 2 N–H and O–H groups in total. The fourth-order valence-electron chi connectivity index (χ4n) is 2.91. The fourth-order valence-corrected chi connectivity index (χ4v) is 2.91. The predicted octanol–water partition coefficient (Wildman–Crippen LogP) is 4.89. The van der Waals surface area contributed by atoms with Crippen molar-refractivity contribution in [1.29, 1.82) is 0 Å². The van der Waals surface area contributed by atoms with E-state index in [1.165, 1.54) is 5.56 Å². The van der Waals surface area contributed by atoms with Crippen LogP contribution in [0.2, 0.25) is 0 Å². The number of benzene rings is 3. The van der Waals surface area contributed by atoms with Gasteiger partial charge in [-0.25, -0.2) is 0 Å². The lowest BCUT2D eigenvalue weighted by Gasteiger charge is -2.16. The molecule has 0 spiro atoms. The van der Waals surface area contributed by atoms with Crippen molar-refractivity contribution < 1.29 is 9.47 Å². The molecule has 0 atom stereocenters. The zero-order valence-corrected chi connectivity index (χ0v) is 15.3. The van der Waals surface area contributed by atoms with Crippen LogP contribution in [0.4, 0.5) is 0 Å². The summed E-state index contributed by atoms with van der Waals surface area (Å²) in [5.74, 6) is 1.45. The molecule has 3 heteroatoms. The number of hydrogen-bond acceptors (Lipinski definition) is 3. The van der Waals surface area contributed by atoms with E-state index in [2.05, 4.69) is 31.2 Å². The molecule has 0 saturated carbocycles. The Labute approximate surface area is 154 Å². The highest BCUT2D eigenvalue weighted by atomic mass is 16.5. The first kappa shape index (κ1) is 17.6. The Kier molecular flexibility index (Phi) is 5.28. The van der Waals surface area contributed by atoms with Crippen molar-refractivity contribution in [2.45, 2.75) is 6.92 Å². The molecule has 0 saturated heterocycles. The predicted molar refractivity (Wildman–Crippen MR) is 107 cm³/mol. The third-order valence-corrected chi connectivity index (χ3v) is 4.33. The van der Waals surface area contributed by atoms with Crippen molar-refractivity contribution >= 4 is 11.3 Å². The molecule has 3 rings (SSSR count). The maximum Gasteiger partial charge on any atom is 0.123 e. The zero-order valence-electron chi connectivity index (χ0n) is 15.3. The van der Waals surface area contributed by atoms with Gasteiger partial charge in [0, 0.05) is 17.3 Å². The minimum absolute atomic E-state index is 0.713. The largest absolute Gasteiger partial charge is 0.497 e. The molecule has 132 valence electrons. The summed E-state index contributed by atoms with van der Waals surface area (Å²) in [7, 11) is 3.29. The maximum absolute atomic E-state index is 6.62. The van der Waals surface area contributed by atoms with Gasteiger partial charge >= 0.3 is 0 Å². The van der Waals surface area contributed by atoms with Crippen molar-refractivity contribution in [2.24, 2.45) is 5.73 Å². The van der Waals surface area contributed by atoms with E-state index in [0.717, 1.165) is 33.8 Å². The fraction of sp³-hybridized carbons (Fsp3) is 0.130. The number of methoxy groups -OCH3 is 2. The Morgan fingerprint density at radius 1 is 0.692 bits per heavy atom. The Hall–Kier alpha value is -3.20. The van der Waals surface area contributed by atoms with Crippen LogP contribution in [-0.2, 0) is 0 Å². The summed E-state index contributed by atoms with van der Waals surface area (Å²) in [6, 6.07) is 24.2. The molecule has 0 fully saturated rings.